The van der Waals surface area contributed by atoms with Gasteiger partial charge >= 0.3 is 6.09 Å². The first-order chi connectivity index (χ1) is 10.2. The zero-order chi connectivity index (χ0) is 16.3. The molecule has 0 radical (unpaired) electrons. The molecule has 1 fully saturated rings. The Balaban J connectivity index is 1.86. The zero-order valence-electron chi connectivity index (χ0n) is 13.1. The third-order valence-corrected chi connectivity index (χ3v) is 4.31. The molecule has 0 N–H and O–H groups in total. The largest absolute Gasteiger partial charge is 0.490 e. The Bertz CT molecular complexity index is 516. The number of carbonyl (C=O) groups excluding carboxylic acids is 1. The number of halogens is 2. The van der Waals surface area contributed by atoms with Crippen LogP contribution < -0.4 is 4.74 Å². The number of rotatable bonds is 2. The number of hydrogen-bond acceptors (Lipinski definition) is 3. The maximum absolute atomic E-state index is 12.0. The van der Waals surface area contributed by atoms with E-state index in [4.69, 9.17) is 9.47 Å². The van der Waals surface area contributed by atoms with Gasteiger partial charge in [0.15, 0.2) is 0 Å². The smallest absolute Gasteiger partial charge is 0.410 e. The van der Waals surface area contributed by atoms with Crippen molar-refractivity contribution < 1.29 is 14.3 Å². The second-order valence-corrected chi connectivity index (χ2v) is 8.55. The molecule has 1 aliphatic heterocycles. The molecule has 0 atom stereocenters. The zero-order valence-corrected chi connectivity index (χ0v) is 16.8. The molecule has 1 aliphatic rings. The molecule has 2 rings (SSSR count). The van der Waals surface area contributed by atoms with Gasteiger partial charge in [0, 0.05) is 34.0 Å². The summed E-state index contributed by atoms with van der Waals surface area (Å²) < 4.78 is 13.6. The van der Waals surface area contributed by atoms with Crippen LogP contribution in [0.1, 0.15) is 33.6 Å². The molecule has 0 saturated carbocycles. The number of nitrogens with zero attached hydrogens (tertiary/aromatic N) is 1. The molecule has 122 valence electrons. The van der Waals surface area contributed by atoms with Crippen LogP contribution in [0.5, 0.6) is 5.75 Å². The van der Waals surface area contributed by atoms with E-state index in [-0.39, 0.29) is 12.2 Å². The van der Waals surface area contributed by atoms with Crippen molar-refractivity contribution in [3.8, 4) is 5.75 Å². The molecular weight excluding hydrogens is 461 g/mol. The quantitative estimate of drug-likeness (QED) is 0.568. The topological polar surface area (TPSA) is 38.8 Å². The molecule has 1 heterocycles. The van der Waals surface area contributed by atoms with Crippen LogP contribution in [0.2, 0.25) is 0 Å². The van der Waals surface area contributed by atoms with E-state index in [1.54, 1.807) is 4.90 Å². The van der Waals surface area contributed by atoms with E-state index in [0.29, 0.717) is 13.1 Å². The fraction of sp³-hybridized carbons (Fsp3) is 0.562. The van der Waals surface area contributed by atoms with Gasteiger partial charge < -0.3 is 14.4 Å². The van der Waals surface area contributed by atoms with Crippen LogP contribution in [0.15, 0.2) is 22.7 Å². The van der Waals surface area contributed by atoms with Crippen molar-refractivity contribution in [1.82, 2.24) is 4.90 Å². The second-order valence-electron chi connectivity index (χ2n) is 6.39. The molecule has 6 heteroatoms. The number of ether oxygens (including phenoxy) is 2. The van der Waals surface area contributed by atoms with E-state index in [1.807, 2.05) is 39.0 Å². The predicted molar refractivity (Wildman–Crippen MR) is 98.3 cm³/mol. The normalized spacial score (nSPS) is 16.5. The van der Waals surface area contributed by atoms with E-state index in [0.717, 1.165) is 26.6 Å². The van der Waals surface area contributed by atoms with Crippen molar-refractivity contribution in [3.63, 3.8) is 0 Å². The van der Waals surface area contributed by atoms with E-state index >= 15 is 0 Å². The minimum Gasteiger partial charge on any atom is -0.490 e. The van der Waals surface area contributed by atoms with Crippen molar-refractivity contribution in [2.75, 3.05) is 13.1 Å². The molecule has 1 aromatic carbocycles. The van der Waals surface area contributed by atoms with E-state index in [9.17, 15) is 4.79 Å². The molecule has 22 heavy (non-hydrogen) atoms. The highest BCUT2D eigenvalue weighted by Gasteiger charge is 2.27. The van der Waals surface area contributed by atoms with Crippen molar-refractivity contribution >= 4 is 44.6 Å². The average Bonchev–Trinajstić information content (AvgIpc) is 2.36. The van der Waals surface area contributed by atoms with Gasteiger partial charge in [-0.2, -0.15) is 0 Å². The Hall–Kier alpha value is -0.500. The summed E-state index contributed by atoms with van der Waals surface area (Å²) in [6, 6.07) is 6.03. The molecule has 0 bridgehead atoms. The van der Waals surface area contributed by atoms with Gasteiger partial charge in [0.05, 0.1) is 0 Å². The van der Waals surface area contributed by atoms with Crippen LogP contribution in [0.4, 0.5) is 4.79 Å². The Labute approximate surface area is 153 Å². The van der Waals surface area contributed by atoms with Gasteiger partial charge in [-0.15, -0.1) is 0 Å². The molecule has 0 unspecified atom stereocenters. The van der Waals surface area contributed by atoms with Crippen LogP contribution in [-0.4, -0.2) is 35.8 Å². The van der Waals surface area contributed by atoms with Crippen molar-refractivity contribution in [2.24, 2.45) is 0 Å². The molecular formula is C16H21BrINO3. The molecule has 1 saturated heterocycles. The lowest BCUT2D eigenvalue weighted by Crippen LogP contribution is -2.44. The Kier molecular flexibility index (Phi) is 5.99. The molecule has 0 spiro atoms. The van der Waals surface area contributed by atoms with Crippen LogP contribution in [0, 0.1) is 3.57 Å². The number of likely N-dealkylation sites (tertiary alicyclic amines) is 1. The molecule has 1 aromatic rings. The lowest BCUT2D eigenvalue weighted by atomic mass is 10.1. The van der Waals surface area contributed by atoms with E-state index < -0.39 is 5.60 Å². The monoisotopic (exact) mass is 481 g/mol. The van der Waals surface area contributed by atoms with Crippen molar-refractivity contribution in [1.29, 1.82) is 0 Å². The number of hydrogen-bond donors (Lipinski definition) is 0. The SMILES string of the molecule is CC(C)(C)OC(=O)N1CCC(Oc2cc(Br)cc(I)c2)CC1. The van der Waals surface area contributed by atoms with Crippen molar-refractivity contribution in [3.05, 3.63) is 26.2 Å². The number of carbonyl (C=O) groups is 1. The highest BCUT2D eigenvalue weighted by Crippen LogP contribution is 2.26. The van der Waals surface area contributed by atoms with Gasteiger partial charge in [-0.3, -0.25) is 0 Å². The highest BCUT2D eigenvalue weighted by atomic mass is 127. The summed E-state index contributed by atoms with van der Waals surface area (Å²) in [4.78, 5) is 13.8. The van der Waals surface area contributed by atoms with Crippen LogP contribution in [-0.2, 0) is 4.74 Å². The van der Waals surface area contributed by atoms with Gasteiger partial charge in [0.2, 0.25) is 0 Å². The van der Waals surface area contributed by atoms with Gasteiger partial charge in [0.1, 0.15) is 17.5 Å². The Morgan fingerprint density at radius 2 is 1.91 bits per heavy atom. The first-order valence-electron chi connectivity index (χ1n) is 7.33. The van der Waals surface area contributed by atoms with Gasteiger partial charge in [-0.25, -0.2) is 4.79 Å². The third kappa shape index (κ3) is 5.61. The van der Waals surface area contributed by atoms with Crippen molar-refractivity contribution in [2.45, 2.75) is 45.3 Å². The molecule has 0 aromatic heterocycles. The third-order valence-electron chi connectivity index (χ3n) is 3.23. The maximum atomic E-state index is 12.0. The number of piperidine rings is 1. The first-order valence-corrected chi connectivity index (χ1v) is 9.21. The highest BCUT2D eigenvalue weighted by molar-refractivity contribution is 14.1. The van der Waals surface area contributed by atoms with Gasteiger partial charge in [-0.1, -0.05) is 15.9 Å². The summed E-state index contributed by atoms with van der Waals surface area (Å²) in [6.07, 6.45) is 1.55. The second kappa shape index (κ2) is 7.38. The van der Waals surface area contributed by atoms with Crippen LogP contribution in [0.3, 0.4) is 0 Å². The summed E-state index contributed by atoms with van der Waals surface area (Å²) in [5, 5.41) is 0. The summed E-state index contributed by atoms with van der Waals surface area (Å²) in [7, 11) is 0. The molecule has 4 nitrogen and oxygen atoms in total. The Morgan fingerprint density at radius 3 is 2.45 bits per heavy atom. The maximum Gasteiger partial charge on any atom is 0.410 e. The fourth-order valence-electron chi connectivity index (χ4n) is 2.27. The fourth-order valence-corrected chi connectivity index (χ4v) is 3.81. The lowest BCUT2D eigenvalue weighted by Gasteiger charge is -2.33. The number of amides is 1. The predicted octanol–water partition coefficient (Wildman–Crippen LogP) is 4.83. The molecule has 1 amide bonds. The summed E-state index contributed by atoms with van der Waals surface area (Å²) in [5.41, 5.74) is -0.447. The first kappa shape index (κ1) is 17.8. The number of benzene rings is 1. The van der Waals surface area contributed by atoms with Gasteiger partial charge in [0.25, 0.3) is 0 Å². The summed E-state index contributed by atoms with van der Waals surface area (Å²) in [5.74, 6) is 0.870. The average molecular weight is 482 g/mol. The molecule has 0 aliphatic carbocycles. The van der Waals surface area contributed by atoms with Crippen LogP contribution in [0.25, 0.3) is 0 Å². The summed E-state index contributed by atoms with van der Waals surface area (Å²) in [6.45, 7) is 7.00. The van der Waals surface area contributed by atoms with Gasteiger partial charge in [-0.05, 0) is 61.6 Å². The minimum atomic E-state index is -0.447. The van der Waals surface area contributed by atoms with E-state index in [1.165, 1.54) is 0 Å². The minimum absolute atomic E-state index is 0.142. The summed E-state index contributed by atoms with van der Waals surface area (Å²) >= 11 is 5.75. The van der Waals surface area contributed by atoms with E-state index in [2.05, 4.69) is 38.5 Å². The Morgan fingerprint density at radius 1 is 1.27 bits per heavy atom. The van der Waals surface area contributed by atoms with Crippen LogP contribution >= 0.6 is 38.5 Å². The lowest BCUT2D eigenvalue weighted by molar-refractivity contribution is 0.0126. The standard InChI is InChI=1S/C16H21BrINO3/c1-16(2,3)22-15(20)19-6-4-13(5-7-19)21-14-9-11(17)8-12(18)10-14/h8-10,13H,4-7H2,1-3H3.